The maximum Gasteiger partial charge on any atom is 0.130 e. The fourth-order valence-electron chi connectivity index (χ4n) is 1.56. The van der Waals surface area contributed by atoms with Crippen molar-refractivity contribution in [3.05, 3.63) is 0 Å². The van der Waals surface area contributed by atoms with Crippen LogP contribution in [-0.2, 0) is 9.53 Å². The van der Waals surface area contributed by atoms with Crippen LogP contribution in [0.1, 0.15) is 6.42 Å². The summed E-state index contributed by atoms with van der Waals surface area (Å²) in [7, 11) is 0. The number of nitrogens with zero attached hydrogens (tertiary/aromatic N) is 2. The summed E-state index contributed by atoms with van der Waals surface area (Å²) in [4.78, 5) is 10.4. The highest BCUT2D eigenvalue weighted by Gasteiger charge is 2.27. The molecule has 0 aromatic carbocycles. The molecule has 4 heteroatoms. The monoisotopic (exact) mass is 168 g/mol. The van der Waals surface area contributed by atoms with Crippen LogP contribution < -0.4 is 0 Å². The van der Waals surface area contributed by atoms with Crippen LogP contribution in [0.3, 0.4) is 0 Å². The van der Waals surface area contributed by atoms with Gasteiger partial charge in [0.05, 0.1) is 25.1 Å². The largest absolute Gasteiger partial charge is 0.379 e. The lowest BCUT2D eigenvalue weighted by atomic mass is 10.2. The Morgan fingerprint density at radius 2 is 2.58 bits per heavy atom. The molecule has 2 unspecified atom stereocenters. The molecule has 0 bridgehead atoms. The van der Waals surface area contributed by atoms with E-state index in [4.69, 9.17) is 4.74 Å². The van der Waals surface area contributed by atoms with Gasteiger partial charge in [0.1, 0.15) is 6.29 Å². The van der Waals surface area contributed by atoms with Gasteiger partial charge in [-0.25, -0.2) is 0 Å². The van der Waals surface area contributed by atoms with Gasteiger partial charge in [0.15, 0.2) is 0 Å². The summed E-state index contributed by atoms with van der Waals surface area (Å²) in [5.41, 5.74) is 0. The predicted molar refractivity (Wildman–Crippen MR) is 44.0 cm³/mol. The van der Waals surface area contributed by atoms with E-state index in [1.54, 1.807) is 6.21 Å². The molecule has 0 aromatic rings. The zero-order valence-electron chi connectivity index (χ0n) is 6.85. The molecule has 2 aliphatic heterocycles. The zero-order chi connectivity index (χ0) is 8.39. The summed E-state index contributed by atoms with van der Waals surface area (Å²) in [6, 6.07) is 0.395. The molecular weight excluding hydrogens is 156 g/mol. The van der Waals surface area contributed by atoms with Crippen molar-refractivity contribution < 1.29 is 9.53 Å². The molecule has 0 radical (unpaired) electrons. The van der Waals surface area contributed by atoms with Gasteiger partial charge in [-0.15, -0.1) is 0 Å². The molecule has 1 saturated heterocycles. The van der Waals surface area contributed by atoms with Gasteiger partial charge >= 0.3 is 0 Å². The van der Waals surface area contributed by atoms with Crippen LogP contribution >= 0.6 is 0 Å². The van der Waals surface area contributed by atoms with Crippen molar-refractivity contribution in [1.82, 2.24) is 5.01 Å². The number of aldehydes is 1. The van der Waals surface area contributed by atoms with Gasteiger partial charge in [0.25, 0.3) is 0 Å². The number of carbonyl (C=O) groups is 1. The van der Waals surface area contributed by atoms with E-state index in [-0.39, 0.29) is 5.92 Å². The van der Waals surface area contributed by atoms with Gasteiger partial charge in [0.2, 0.25) is 0 Å². The van der Waals surface area contributed by atoms with Gasteiger partial charge < -0.3 is 9.53 Å². The summed E-state index contributed by atoms with van der Waals surface area (Å²) >= 11 is 0. The van der Waals surface area contributed by atoms with Crippen molar-refractivity contribution in [2.24, 2.45) is 11.0 Å². The van der Waals surface area contributed by atoms with Crippen molar-refractivity contribution in [3.63, 3.8) is 0 Å². The maximum absolute atomic E-state index is 10.4. The number of hydrazone groups is 1. The summed E-state index contributed by atoms with van der Waals surface area (Å²) < 4.78 is 5.23. The van der Waals surface area contributed by atoms with E-state index < -0.39 is 0 Å². The third-order valence-electron chi connectivity index (χ3n) is 2.31. The molecular formula is C8H12N2O2. The van der Waals surface area contributed by atoms with Gasteiger partial charge in [0, 0.05) is 12.8 Å². The highest BCUT2D eigenvalue weighted by atomic mass is 16.5. The van der Waals surface area contributed by atoms with Crippen molar-refractivity contribution in [2.45, 2.75) is 12.5 Å². The standard InChI is InChI=1S/C8H12N2O2/c11-5-7-3-9-10(4-7)8-1-2-12-6-8/h3,5,7-8H,1-2,4,6H2. The minimum absolute atomic E-state index is 0.00870. The number of ether oxygens (including phenoxy) is 1. The number of carbonyl (C=O) groups excluding carboxylic acids is 1. The minimum Gasteiger partial charge on any atom is -0.379 e. The normalized spacial score (nSPS) is 34.5. The highest BCUT2D eigenvalue weighted by Crippen LogP contribution is 2.16. The SMILES string of the molecule is O=CC1C=NN(C2CCOC2)C1. The zero-order valence-corrected chi connectivity index (χ0v) is 6.85. The lowest BCUT2D eigenvalue weighted by Crippen LogP contribution is -2.31. The Hall–Kier alpha value is -0.900. The molecule has 2 heterocycles. The summed E-state index contributed by atoms with van der Waals surface area (Å²) in [5, 5.41) is 6.13. The summed E-state index contributed by atoms with van der Waals surface area (Å²) in [5.74, 6) is -0.00870. The molecule has 0 spiro atoms. The Bertz CT molecular complexity index is 199. The van der Waals surface area contributed by atoms with Crippen LogP contribution in [0, 0.1) is 5.92 Å². The van der Waals surface area contributed by atoms with E-state index in [2.05, 4.69) is 5.10 Å². The molecule has 66 valence electrons. The van der Waals surface area contributed by atoms with Crippen LogP contribution in [0.2, 0.25) is 0 Å². The third kappa shape index (κ3) is 1.34. The van der Waals surface area contributed by atoms with E-state index >= 15 is 0 Å². The van der Waals surface area contributed by atoms with Crippen molar-refractivity contribution in [3.8, 4) is 0 Å². The van der Waals surface area contributed by atoms with Gasteiger partial charge in [-0.1, -0.05) is 0 Å². The lowest BCUT2D eigenvalue weighted by molar-refractivity contribution is -0.109. The second-order valence-corrected chi connectivity index (χ2v) is 3.20. The van der Waals surface area contributed by atoms with Crippen LogP contribution in [0.5, 0.6) is 0 Å². The number of rotatable bonds is 2. The first-order chi connectivity index (χ1) is 5.90. The predicted octanol–water partition coefficient (Wildman–Crippen LogP) is -0.108. The van der Waals surface area contributed by atoms with Gasteiger partial charge in [-0.2, -0.15) is 5.10 Å². The van der Waals surface area contributed by atoms with Crippen molar-refractivity contribution >= 4 is 12.5 Å². The molecule has 0 aromatic heterocycles. The second-order valence-electron chi connectivity index (χ2n) is 3.20. The van der Waals surface area contributed by atoms with Crippen LogP contribution in [-0.4, -0.2) is 43.3 Å². The van der Waals surface area contributed by atoms with E-state index in [1.807, 2.05) is 5.01 Å². The molecule has 0 aliphatic carbocycles. The van der Waals surface area contributed by atoms with Crippen LogP contribution in [0.25, 0.3) is 0 Å². The quantitative estimate of drug-likeness (QED) is 0.540. The Balaban J connectivity index is 1.90. The van der Waals surface area contributed by atoms with E-state index in [1.165, 1.54) is 0 Å². The smallest absolute Gasteiger partial charge is 0.130 e. The molecule has 0 N–H and O–H groups in total. The van der Waals surface area contributed by atoms with E-state index in [9.17, 15) is 4.79 Å². The molecule has 0 saturated carbocycles. The first-order valence-corrected chi connectivity index (χ1v) is 4.24. The lowest BCUT2D eigenvalue weighted by Gasteiger charge is -2.20. The first kappa shape index (κ1) is 7.73. The molecule has 2 aliphatic rings. The van der Waals surface area contributed by atoms with Crippen LogP contribution in [0.4, 0.5) is 0 Å². The summed E-state index contributed by atoms with van der Waals surface area (Å²) in [6.07, 6.45) is 3.69. The van der Waals surface area contributed by atoms with Crippen LogP contribution in [0.15, 0.2) is 5.10 Å². The molecule has 12 heavy (non-hydrogen) atoms. The van der Waals surface area contributed by atoms with E-state index in [0.717, 1.165) is 32.5 Å². The van der Waals surface area contributed by atoms with Gasteiger partial charge in [-0.3, -0.25) is 5.01 Å². The fraction of sp³-hybridized carbons (Fsp3) is 0.750. The highest BCUT2D eigenvalue weighted by molar-refractivity contribution is 5.82. The molecule has 2 rings (SSSR count). The molecule has 4 nitrogen and oxygen atoms in total. The first-order valence-electron chi connectivity index (χ1n) is 4.24. The molecule has 1 fully saturated rings. The molecule has 2 atom stereocenters. The average molecular weight is 168 g/mol. The topological polar surface area (TPSA) is 41.9 Å². The molecule has 0 amide bonds. The Kier molecular flexibility index (Phi) is 2.08. The van der Waals surface area contributed by atoms with Crippen molar-refractivity contribution in [2.75, 3.05) is 19.8 Å². The Labute approximate surface area is 71.2 Å². The van der Waals surface area contributed by atoms with E-state index in [0.29, 0.717) is 6.04 Å². The Morgan fingerprint density at radius 3 is 3.17 bits per heavy atom. The summed E-state index contributed by atoms with van der Waals surface area (Å²) in [6.45, 7) is 2.31. The fourth-order valence-corrected chi connectivity index (χ4v) is 1.56. The second kappa shape index (κ2) is 3.23. The van der Waals surface area contributed by atoms with Crippen molar-refractivity contribution in [1.29, 1.82) is 0 Å². The van der Waals surface area contributed by atoms with Gasteiger partial charge in [-0.05, 0) is 6.42 Å². The Morgan fingerprint density at radius 1 is 1.67 bits per heavy atom. The maximum atomic E-state index is 10.4. The minimum atomic E-state index is -0.00870. The average Bonchev–Trinajstić information content (AvgIpc) is 2.75. The third-order valence-corrected chi connectivity index (χ3v) is 2.31. The number of hydrogen-bond donors (Lipinski definition) is 0. The number of hydrogen-bond acceptors (Lipinski definition) is 4.